The summed E-state index contributed by atoms with van der Waals surface area (Å²) in [4.78, 5) is 2.22. The SMILES string of the molecule is C=CCN(CC=C)c1ccc(/C=C/C)cc1. The summed E-state index contributed by atoms with van der Waals surface area (Å²) in [5.41, 5.74) is 2.43. The van der Waals surface area contributed by atoms with Crippen LogP contribution in [-0.2, 0) is 0 Å². The third kappa shape index (κ3) is 3.43. The maximum atomic E-state index is 3.77. The van der Waals surface area contributed by atoms with Gasteiger partial charge in [0.2, 0.25) is 0 Å². The molecule has 1 aromatic rings. The first-order valence-corrected chi connectivity index (χ1v) is 5.51. The van der Waals surface area contributed by atoms with E-state index in [1.54, 1.807) is 0 Å². The minimum absolute atomic E-state index is 0.842. The van der Waals surface area contributed by atoms with Gasteiger partial charge in [0.05, 0.1) is 0 Å². The Morgan fingerprint density at radius 1 is 1.06 bits per heavy atom. The summed E-state index contributed by atoms with van der Waals surface area (Å²) in [5.74, 6) is 0. The minimum Gasteiger partial charge on any atom is -0.364 e. The van der Waals surface area contributed by atoms with E-state index in [-0.39, 0.29) is 0 Å². The lowest BCUT2D eigenvalue weighted by Crippen LogP contribution is -2.22. The summed E-state index contributed by atoms with van der Waals surface area (Å²) in [5, 5.41) is 0. The maximum Gasteiger partial charge on any atom is 0.0372 e. The van der Waals surface area contributed by atoms with E-state index in [0.717, 1.165) is 13.1 Å². The van der Waals surface area contributed by atoms with Gasteiger partial charge in [0, 0.05) is 18.8 Å². The smallest absolute Gasteiger partial charge is 0.0372 e. The second kappa shape index (κ2) is 6.67. The highest BCUT2D eigenvalue weighted by Crippen LogP contribution is 2.16. The molecule has 0 amide bonds. The quantitative estimate of drug-likeness (QED) is 0.648. The van der Waals surface area contributed by atoms with Crippen LogP contribution >= 0.6 is 0 Å². The highest BCUT2D eigenvalue weighted by atomic mass is 15.1. The zero-order valence-corrected chi connectivity index (χ0v) is 9.89. The lowest BCUT2D eigenvalue weighted by molar-refractivity contribution is 0.957. The maximum absolute atomic E-state index is 3.77. The number of nitrogens with zero attached hydrogens (tertiary/aromatic N) is 1. The van der Waals surface area contributed by atoms with E-state index in [0.29, 0.717) is 0 Å². The fraction of sp³-hybridized carbons (Fsp3) is 0.200. The normalized spacial score (nSPS) is 10.3. The number of anilines is 1. The van der Waals surface area contributed by atoms with Crippen molar-refractivity contribution in [3.05, 3.63) is 61.2 Å². The van der Waals surface area contributed by atoms with E-state index in [4.69, 9.17) is 0 Å². The van der Waals surface area contributed by atoms with Crippen LogP contribution in [0.3, 0.4) is 0 Å². The van der Waals surface area contributed by atoms with Crippen molar-refractivity contribution in [3.63, 3.8) is 0 Å². The molecule has 0 aliphatic carbocycles. The van der Waals surface area contributed by atoms with Gasteiger partial charge >= 0.3 is 0 Å². The second-order valence-electron chi connectivity index (χ2n) is 3.57. The molecule has 0 radical (unpaired) electrons. The summed E-state index contributed by atoms with van der Waals surface area (Å²) >= 11 is 0. The van der Waals surface area contributed by atoms with E-state index in [9.17, 15) is 0 Å². The summed E-state index contributed by atoms with van der Waals surface area (Å²) < 4.78 is 0. The van der Waals surface area contributed by atoms with Crippen LogP contribution in [-0.4, -0.2) is 13.1 Å². The third-order valence-electron chi connectivity index (χ3n) is 2.32. The van der Waals surface area contributed by atoms with Gasteiger partial charge in [-0.3, -0.25) is 0 Å². The molecule has 16 heavy (non-hydrogen) atoms. The first-order chi connectivity index (χ1) is 7.81. The Morgan fingerprint density at radius 3 is 2.06 bits per heavy atom. The predicted octanol–water partition coefficient (Wildman–Crippen LogP) is 3.90. The minimum atomic E-state index is 0.842. The Kier molecular flexibility index (Phi) is 5.13. The first-order valence-electron chi connectivity index (χ1n) is 5.51. The van der Waals surface area contributed by atoms with Gasteiger partial charge < -0.3 is 4.90 Å². The first kappa shape index (κ1) is 12.3. The van der Waals surface area contributed by atoms with Crippen LogP contribution < -0.4 is 4.90 Å². The number of allylic oxidation sites excluding steroid dienone is 1. The molecular weight excluding hydrogens is 194 g/mol. The Hall–Kier alpha value is -1.76. The number of rotatable bonds is 6. The van der Waals surface area contributed by atoms with Gasteiger partial charge in [-0.15, -0.1) is 13.2 Å². The van der Waals surface area contributed by atoms with E-state index < -0.39 is 0 Å². The average molecular weight is 213 g/mol. The van der Waals surface area contributed by atoms with Crippen LogP contribution in [0.1, 0.15) is 12.5 Å². The molecule has 0 saturated carbocycles. The molecule has 1 aromatic carbocycles. The molecule has 0 fully saturated rings. The fourth-order valence-corrected chi connectivity index (χ4v) is 1.59. The van der Waals surface area contributed by atoms with E-state index >= 15 is 0 Å². The number of hydrogen-bond donors (Lipinski definition) is 0. The van der Waals surface area contributed by atoms with Crippen LogP contribution in [0.5, 0.6) is 0 Å². The standard InChI is InChI=1S/C15H19N/c1-4-7-14-8-10-15(11-9-14)16(12-5-2)13-6-3/h4-11H,2-3,12-13H2,1H3/b7-4+. The molecule has 0 unspecified atom stereocenters. The zero-order chi connectivity index (χ0) is 11.8. The second-order valence-corrected chi connectivity index (χ2v) is 3.57. The summed E-state index contributed by atoms with van der Waals surface area (Å²) in [7, 11) is 0. The molecule has 0 aromatic heterocycles. The Labute approximate surface area is 98.4 Å². The van der Waals surface area contributed by atoms with Crippen molar-refractivity contribution in [1.82, 2.24) is 0 Å². The third-order valence-corrected chi connectivity index (χ3v) is 2.32. The molecule has 1 heteroatoms. The Morgan fingerprint density at radius 2 is 1.62 bits per heavy atom. The lowest BCUT2D eigenvalue weighted by atomic mass is 10.2. The van der Waals surface area contributed by atoms with Crippen molar-refractivity contribution in [3.8, 4) is 0 Å². The molecule has 0 saturated heterocycles. The van der Waals surface area contributed by atoms with Gasteiger partial charge in [0.15, 0.2) is 0 Å². The van der Waals surface area contributed by atoms with Crippen LogP contribution in [0.2, 0.25) is 0 Å². The van der Waals surface area contributed by atoms with Gasteiger partial charge in [-0.05, 0) is 24.6 Å². The molecule has 0 aliphatic rings. The molecule has 1 rings (SSSR count). The van der Waals surface area contributed by atoms with Gasteiger partial charge in [0.25, 0.3) is 0 Å². The monoisotopic (exact) mass is 213 g/mol. The summed E-state index contributed by atoms with van der Waals surface area (Å²) in [6.45, 7) is 11.2. The van der Waals surface area contributed by atoms with Crippen molar-refractivity contribution in [2.24, 2.45) is 0 Å². The van der Waals surface area contributed by atoms with Crippen molar-refractivity contribution >= 4 is 11.8 Å². The molecule has 0 heterocycles. The van der Waals surface area contributed by atoms with Gasteiger partial charge in [-0.2, -0.15) is 0 Å². The molecule has 0 spiro atoms. The fourth-order valence-electron chi connectivity index (χ4n) is 1.59. The van der Waals surface area contributed by atoms with Crippen LogP contribution in [0.15, 0.2) is 55.7 Å². The highest BCUT2D eigenvalue weighted by molar-refractivity contribution is 5.56. The summed E-state index contributed by atoms with van der Waals surface area (Å²) in [6.07, 6.45) is 7.95. The van der Waals surface area contributed by atoms with E-state index in [1.807, 2.05) is 25.2 Å². The van der Waals surface area contributed by atoms with Crippen molar-refractivity contribution in [2.75, 3.05) is 18.0 Å². The topological polar surface area (TPSA) is 3.24 Å². The van der Waals surface area contributed by atoms with Gasteiger partial charge in [-0.25, -0.2) is 0 Å². The van der Waals surface area contributed by atoms with E-state index in [2.05, 4.69) is 48.4 Å². The molecular formula is C15H19N. The number of benzene rings is 1. The molecule has 0 bridgehead atoms. The molecule has 1 nitrogen and oxygen atoms in total. The van der Waals surface area contributed by atoms with Crippen molar-refractivity contribution < 1.29 is 0 Å². The predicted molar refractivity (Wildman–Crippen MR) is 73.8 cm³/mol. The lowest BCUT2D eigenvalue weighted by Gasteiger charge is -2.21. The molecule has 0 aliphatic heterocycles. The average Bonchev–Trinajstić information content (AvgIpc) is 2.30. The largest absolute Gasteiger partial charge is 0.364 e. The Bertz CT molecular complexity index is 350. The van der Waals surface area contributed by atoms with Crippen molar-refractivity contribution in [1.29, 1.82) is 0 Å². The van der Waals surface area contributed by atoms with Crippen LogP contribution in [0.4, 0.5) is 5.69 Å². The van der Waals surface area contributed by atoms with Gasteiger partial charge in [-0.1, -0.05) is 36.4 Å². The van der Waals surface area contributed by atoms with Crippen molar-refractivity contribution in [2.45, 2.75) is 6.92 Å². The zero-order valence-electron chi connectivity index (χ0n) is 9.89. The highest BCUT2D eigenvalue weighted by Gasteiger charge is 2.01. The number of hydrogen-bond acceptors (Lipinski definition) is 1. The molecule has 0 N–H and O–H groups in total. The summed E-state index contributed by atoms with van der Waals surface area (Å²) in [6, 6.07) is 8.49. The van der Waals surface area contributed by atoms with Crippen LogP contribution in [0.25, 0.3) is 6.08 Å². The van der Waals surface area contributed by atoms with Gasteiger partial charge in [0.1, 0.15) is 0 Å². The molecule has 0 atom stereocenters. The Balaban J connectivity index is 2.83. The van der Waals surface area contributed by atoms with E-state index in [1.165, 1.54) is 11.3 Å². The van der Waals surface area contributed by atoms with Crippen LogP contribution in [0, 0.1) is 0 Å². The molecule has 84 valence electrons.